The van der Waals surface area contributed by atoms with Gasteiger partial charge in [-0.25, -0.2) is 5.48 Å². The Morgan fingerprint density at radius 3 is 2.73 bits per heavy atom. The number of hydrogen-bond donors (Lipinski definition) is 4. The van der Waals surface area contributed by atoms with Crippen LogP contribution in [-0.2, 0) is 6.54 Å². The van der Waals surface area contributed by atoms with Crippen LogP contribution in [0.2, 0.25) is 0 Å². The Morgan fingerprint density at radius 1 is 1.23 bits per heavy atom. The van der Waals surface area contributed by atoms with Gasteiger partial charge in [0.05, 0.1) is 0 Å². The number of fused-ring (bicyclic) bond motifs is 1. The van der Waals surface area contributed by atoms with E-state index < -0.39 is 5.91 Å². The second-order valence-electron chi connectivity index (χ2n) is 7.35. The van der Waals surface area contributed by atoms with Gasteiger partial charge in [0.15, 0.2) is 0 Å². The molecule has 6 heteroatoms. The lowest BCUT2D eigenvalue weighted by Gasteiger charge is -2.37. The summed E-state index contributed by atoms with van der Waals surface area (Å²) in [6.45, 7) is 4.09. The molecule has 1 amide bonds. The lowest BCUT2D eigenvalue weighted by atomic mass is 9.82. The van der Waals surface area contributed by atoms with E-state index in [1.54, 1.807) is 17.6 Å². The summed E-state index contributed by atoms with van der Waals surface area (Å²) < 4.78 is 0. The summed E-state index contributed by atoms with van der Waals surface area (Å²) in [6, 6.07) is 7.33. The van der Waals surface area contributed by atoms with Gasteiger partial charge >= 0.3 is 0 Å². The highest BCUT2D eigenvalue weighted by atomic mass is 16.5. The van der Waals surface area contributed by atoms with Crippen LogP contribution in [0.15, 0.2) is 48.2 Å². The molecule has 0 bridgehead atoms. The first-order valence-electron chi connectivity index (χ1n) is 9.38. The maximum Gasteiger partial charge on any atom is 0.274 e. The minimum absolute atomic E-state index is 0.244. The Labute approximate surface area is 153 Å². The zero-order valence-corrected chi connectivity index (χ0v) is 14.8. The number of carbonyl (C=O) groups excluding carboxylic acids is 1. The topological polar surface area (TPSA) is 76.6 Å². The van der Waals surface area contributed by atoms with Crippen molar-refractivity contribution in [3.63, 3.8) is 0 Å². The summed E-state index contributed by atoms with van der Waals surface area (Å²) >= 11 is 0. The van der Waals surface area contributed by atoms with Crippen LogP contribution >= 0.6 is 0 Å². The highest BCUT2D eigenvalue weighted by Crippen LogP contribution is 2.31. The number of rotatable bonds is 4. The number of benzene rings is 1. The maximum atomic E-state index is 11.4. The fraction of sp³-hybridized carbons (Fsp3) is 0.450. The third-order valence-corrected chi connectivity index (χ3v) is 5.73. The van der Waals surface area contributed by atoms with E-state index in [1.807, 2.05) is 12.1 Å². The SMILES string of the molecule is O=C(NO)c1ccc(CN2C=CC3=CC(C4CCNCC4)CNC32)cc1. The van der Waals surface area contributed by atoms with Crippen LogP contribution < -0.4 is 16.1 Å². The van der Waals surface area contributed by atoms with Gasteiger partial charge in [-0.15, -0.1) is 0 Å². The molecule has 1 saturated heterocycles. The summed E-state index contributed by atoms with van der Waals surface area (Å²) in [5.74, 6) is 0.926. The normalized spacial score (nSPS) is 25.7. The van der Waals surface area contributed by atoms with E-state index in [0.717, 1.165) is 37.7 Å². The quantitative estimate of drug-likeness (QED) is 0.488. The molecule has 3 aliphatic rings. The monoisotopic (exact) mass is 354 g/mol. The van der Waals surface area contributed by atoms with Crippen molar-refractivity contribution in [2.75, 3.05) is 19.6 Å². The van der Waals surface area contributed by atoms with Crippen LogP contribution in [0.5, 0.6) is 0 Å². The molecule has 2 unspecified atom stereocenters. The predicted octanol–water partition coefficient (Wildman–Crippen LogP) is 1.61. The highest BCUT2D eigenvalue weighted by molar-refractivity contribution is 5.93. The Hall–Kier alpha value is -2.15. The summed E-state index contributed by atoms with van der Waals surface area (Å²) in [7, 11) is 0. The van der Waals surface area contributed by atoms with Crippen molar-refractivity contribution in [2.45, 2.75) is 25.6 Å². The summed E-state index contributed by atoms with van der Waals surface area (Å²) in [5.41, 5.74) is 4.62. The van der Waals surface area contributed by atoms with Gasteiger partial charge in [-0.2, -0.15) is 0 Å². The van der Waals surface area contributed by atoms with E-state index in [1.165, 1.54) is 18.4 Å². The van der Waals surface area contributed by atoms with E-state index >= 15 is 0 Å². The Balaban J connectivity index is 1.40. The lowest BCUT2D eigenvalue weighted by molar-refractivity contribution is 0.0706. The zero-order valence-electron chi connectivity index (χ0n) is 14.8. The first-order valence-corrected chi connectivity index (χ1v) is 9.38. The van der Waals surface area contributed by atoms with Crippen molar-refractivity contribution in [1.29, 1.82) is 0 Å². The number of nitrogens with one attached hydrogen (secondary N) is 3. The van der Waals surface area contributed by atoms with E-state index in [4.69, 9.17) is 5.21 Å². The summed E-state index contributed by atoms with van der Waals surface area (Å²) in [5, 5.41) is 15.9. The van der Waals surface area contributed by atoms with Crippen LogP contribution in [0, 0.1) is 11.8 Å². The van der Waals surface area contributed by atoms with Crippen molar-refractivity contribution >= 4 is 5.91 Å². The van der Waals surface area contributed by atoms with Crippen LogP contribution in [0.25, 0.3) is 0 Å². The van der Waals surface area contributed by atoms with Gasteiger partial charge in [-0.3, -0.25) is 15.3 Å². The van der Waals surface area contributed by atoms with E-state index in [0.29, 0.717) is 11.5 Å². The average molecular weight is 354 g/mol. The predicted molar refractivity (Wildman–Crippen MR) is 99.3 cm³/mol. The standard InChI is InChI=1S/C20H26N4O2/c25-20(23-26)16-3-1-14(2-4-16)13-24-10-7-17-11-18(12-22-19(17)24)15-5-8-21-9-6-15/h1-4,7,10-11,15,18-19,21-22,26H,5-6,8-9,12-13H2,(H,23,25). The molecule has 1 aromatic carbocycles. The molecule has 4 rings (SSSR count). The molecule has 0 spiro atoms. The molecule has 3 heterocycles. The Morgan fingerprint density at radius 2 is 2.00 bits per heavy atom. The van der Waals surface area contributed by atoms with E-state index in [-0.39, 0.29) is 6.17 Å². The molecule has 4 N–H and O–H groups in total. The Kier molecular flexibility index (Phi) is 5.06. The molecule has 0 radical (unpaired) electrons. The van der Waals surface area contributed by atoms with Crippen LogP contribution in [0.1, 0.15) is 28.8 Å². The van der Waals surface area contributed by atoms with Crippen molar-refractivity contribution in [3.05, 3.63) is 59.3 Å². The molecular formula is C20H26N4O2. The first-order chi connectivity index (χ1) is 12.7. The molecule has 0 aromatic heterocycles. The lowest BCUT2D eigenvalue weighted by Crippen LogP contribution is -2.47. The van der Waals surface area contributed by atoms with Gasteiger partial charge < -0.3 is 10.2 Å². The van der Waals surface area contributed by atoms with Gasteiger partial charge in [0.1, 0.15) is 6.17 Å². The third kappa shape index (κ3) is 3.53. The molecule has 2 atom stereocenters. The molecular weight excluding hydrogens is 328 g/mol. The molecule has 138 valence electrons. The van der Waals surface area contributed by atoms with Crippen molar-refractivity contribution < 1.29 is 10.0 Å². The van der Waals surface area contributed by atoms with E-state index in [2.05, 4.69) is 33.9 Å². The van der Waals surface area contributed by atoms with Gasteiger partial charge in [-0.1, -0.05) is 18.2 Å². The van der Waals surface area contributed by atoms with Gasteiger partial charge in [0, 0.05) is 24.9 Å². The second-order valence-corrected chi connectivity index (χ2v) is 7.35. The minimum atomic E-state index is -0.485. The number of hydroxylamine groups is 1. The number of nitrogens with zero attached hydrogens (tertiary/aromatic N) is 1. The number of carbonyl (C=O) groups is 1. The molecule has 26 heavy (non-hydrogen) atoms. The van der Waals surface area contributed by atoms with Crippen molar-refractivity contribution in [1.82, 2.24) is 21.0 Å². The van der Waals surface area contributed by atoms with Gasteiger partial charge in [0.2, 0.25) is 0 Å². The number of amides is 1. The molecule has 3 aliphatic heterocycles. The van der Waals surface area contributed by atoms with E-state index in [9.17, 15) is 4.79 Å². The highest BCUT2D eigenvalue weighted by Gasteiger charge is 2.32. The van der Waals surface area contributed by atoms with Crippen LogP contribution in [-0.4, -0.2) is 41.8 Å². The fourth-order valence-electron chi connectivity index (χ4n) is 4.24. The average Bonchev–Trinajstić information content (AvgIpc) is 3.10. The molecule has 6 nitrogen and oxygen atoms in total. The zero-order chi connectivity index (χ0) is 17.9. The van der Waals surface area contributed by atoms with Gasteiger partial charge in [0.25, 0.3) is 5.91 Å². The molecule has 1 fully saturated rings. The van der Waals surface area contributed by atoms with Crippen LogP contribution in [0.4, 0.5) is 0 Å². The molecule has 0 aliphatic carbocycles. The van der Waals surface area contributed by atoms with Gasteiger partial charge in [-0.05, 0) is 67.1 Å². The third-order valence-electron chi connectivity index (χ3n) is 5.73. The van der Waals surface area contributed by atoms with Crippen molar-refractivity contribution in [2.24, 2.45) is 11.8 Å². The minimum Gasteiger partial charge on any atom is -0.354 e. The van der Waals surface area contributed by atoms with Crippen LogP contribution in [0.3, 0.4) is 0 Å². The molecule has 0 saturated carbocycles. The summed E-state index contributed by atoms with van der Waals surface area (Å²) in [4.78, 5) is 13.7. The molecule has 1 aromatic rings. The first kappa shape index (κ1) is 17.3. The second kappa shape index (κ2) is 7.61. The van der Waals surface area contributed by atoms with Crippen molar-refractivity contribution in [3.8, 4) is 0 Å². The summed E-state index contributed by atoms with van der Waals surface area (Å²) in [6.07, 6.45) is 9.63. The maximum absolute atomic E-state index is 11.4. The largest absolute Gasteiger partial charge is 0.354 e. The number of hydrogen-bond acceptors (Lipinski definition) is 5. The Bertz CT molecular complexity index is 707. The fourth-order valence-corrected chi connectivity index (χ4v) is 4.24. The number of piperidine rings is 1. The smallest absolute Gasteiger partial charge is 0.274 e.